The van der Waals surface area contributed by atoms with Gasteiger partial charge in [-0.1, -0.05) is 6.07 Å². The summed E-state index contributed by atoms with van der Waals surface area (Å²) >= 11 is 0. The minimum atomic E-state index is -0.673. The van der Waals surface area contributed by atoms with Crippen LogP contribution in [0, 0.1) is 5.92 Å². The Balaban J connectivity index is 1.43. The molecule has 2 bridgehead atoms. The number of aromatic hydroxyl groups is 1. The maximum Gasteiger partial charge on any atom is 0.253 e. The molecule has 0 radical (unpaired) electrons. The first-order chi connectivity index (χ1) is 16.0. The first-order valence-corrected chi connectivity index (χ1v) is 12.0. The van der Waals surface area contributed by atoms with Gasteiger partial charge in [0.25, 0.3) is 5.91 Å². The van der Waals surface area contributed by atoms with Gasteiger partial charge >= 0.3 is 0 Å². The van der Waals surface area contributed by atoms with Crippen molar-refractivity contribution in [2.45, 2.75) is 61.6 Å². The third kappa shape index (κ3) is 2.46. The molecule has 1 unspecified atom stereocenters. The Morgan fingerprint density at radius 3 is 2.94 bits per heavy atom. The molecule has 3 aliphatic carbocycles. The first kappa shape index (κ1) is 19.5. The number of phenols is 1. The van der Waals surface area contributed by atoms with E-state index in [2.05, 4.69) is 15.2 Å². The molecule has 1 amide bonds. The lowest BCUT2D eigenvalue weighted by Gasteiger charge is -2.65. The molecule has 1 aromatic heterocycles. The Morgan fingerprint density at radius 2 is 2.15 bits per heavy atom. The lowest BCUT2D eigenvalue weighted by atomic mass is 9.47. The number of amides is 1. The van der Waals surface area contributed by atoms with Crippen molar-refractivity contribution in [1.82, 2.24) is 15.2 Å². The van der Waals surface area contributed by atoms with E-state index < -0.39 is 17.1 Å². The fourth-order valence-electron chi connectivity index (χ4n) is 7.33. The lowest BCUT2D eigenvalue weighted by Crippen LogP contribution is -2.81. The number of benzene rings is 1. The predicted octanol–water partition coefficient (Wildman–Crippen LogP) is 2.36. The average molecular weight is 446 g/mol. The molecule has 2 aromatic rings. The molecule has 2 N–H and O–H groups in total. The number of pyridine rings is 1. The standard InChI is InChI=1S/C26H27N3O4/c30-18-6-5-16-12-20-26(28-24(32)17-2-1-10-27-13-17)8-7-19(31)23-25(26,21(16)22(18)33-23)9-11-29(20)14-15-3-4-15/h1-2,5-6,10,13,15,20,23,30H,3-4,7-9,11-12,14H2,(H,28,32)/t20-,23+,25?,26-/m1/s1. The number of ether oxygens (including phenoxy) is 1. The van der Waals surface area contributed by atoms with Crippen LogP contribution in [0.2, 0.25) is 0 Å². The molecule has 2 aliphatic heterocycles. The second kappa shape index (κ2) is 6.56. The number of rotatable bonds is 4. The highest BCUT2D eigenvalue weighted by Gasteiger charge is 2.74. The average Bonchev–Trinajstić information content (AvgIpc) is 3.57. The van der Waals surface area contributed by atoms with Gasteiger partial charge in [0, 0.05) is 37.0 Å². The zero-order chi connectivity index (χ0) is 22.4. The van der Waals surface area contributed by atoms with Gasteiger partial charge in [0.05, 0.1) is 16.5 Å². The van der Waals surface area contributed by atoms with Gasteiger partial charge in [-0.2, -0.15) is 0 Å². The molecule has 3 heterocycles. The highest BCUT2D eigenvalue weighted by atomic mass is 16.5. The van der Waals surface area contributed by atoms with E-state index in [-0.39, 0.29) is 23.5 Å². The van der Waals surface area contributed by atoms with Crippen LogP contribution in [0.25, 0.3) is 0 Å². The quantitative estimate of drug-likeness (QED) is 0.751. The molecule has 1 aromatic carbocycles. The van der Waals surface area contributed by atoms with Crippen LogP contribution in [-0.2, 0) is 16.6 Å². The van der Waals surface area contributed by atoms with Crippen LogP contribution in [0.5, 0.6) is 11.5 Å². The van der Waals surface area contributed by atoms with Crippen LogP contribution in [0.15, 0.2) is 36.7 Å². The Hall–Kier alpha value is -2.93. The normalized spacial score (nSPS) is 33.9. The Labute approximate surface area is 192 Å². The summed E-state index contributed by atoms with van der Waals surface area (Å²) in [5, 5.41) is 14.2. The zero-order valence-corrected chi connectivity index (χ0v) is 18.4. The Kier molecular flexibility index (Phi) is 3.89. The summed E-state index contributed by atoms with van der Waals surface area (Å²) in [5.74, 6) is 1.16. The van der Waals surface area contributed by atoms with E-state index >= 15 is 0 Å². The van der Waals surface area contributed by atoms with Crippen molar-refractivity contribution >= 4 is 11.7 Å². The van der Waals surface area contributed by atoms with E-state index in [1.165, 1.54) is 12.8 Å². The molecule has 4 atom stereocenters. The van der Waals surface area contributed by atoms with Crippen molar-refractivity contribution in [1.29, 1.82) is 0 Å². The fraction of sp³-hybridized carbons (Fsp3) is 0.500. The molecular weight excluding hydrogens is 418 g/mol. The van der Waals surface area contributed by atoms with Crippen LogP contribution < -0.4 is 10.1 Å². The van der Waals surface area contributed by atoms with Crippen molar-refractivity contribution in [2.24, 2.45) is 5.92 Å². The maximum atomic E-state index is 13.6. The Morgan fingerprint density at radius 1 is 1.27 bits per heavy atom. The molecule has 7 rings (SSSR count). The molecule has 33 heavy (non-hydrogen) atoms. The molecule has 3 fully saturated rings. The van der Waals surface area contributed by atoms with Crippen LogP contribution in [0.1, 0.15) is 53.6 Å². The number of piperidine rings is 1. The summed E-state index contributed by atoms with van der Waals surface area (Å²) in [6, 6.07) is 7.30. The zero-order valence-electron chi connectivity index (χ0n) is 18.4. The second-order valence-electron chi connectivity index (χ2n) is 10.5. The van der Waals surface area contributed by atoms with Crippen molar-refractivity contribution in [3.05, 3.63) is 53.3 Å². The number of Topliss-reactive ketones (excluding diaryl/α,β-unsaturated/α-hetero) is 1. The Bertz CT molecular complexity index is 1180. The van der Waals surface area contributed by atoms with Gasteiger partial charge in [0.1, 0.15) is 0 Å². The number of carbonyl (C=O) groups excluding carboxylic acids is 2. The van der Waals surface area contributed by atoms with Crippen LogP contribution in [0.4, 0.5) is 0 Å². The summed E-state index contributed by atoms with van der Waals surface area (Å²) in [4.78, 5) is 33.5. The third-order valence-electron chi connectivity index (χ3n) is 8.87. The lowest BCUT2D eigenvalue weighted by molar-refractivity contribution is -0.143. The van der Waals surface area contributed by atoms with E-state index in [1.54, 1.807) is 30.6 Å². The second-order valence-corrected chi connectivity index (χ2v) is 10.5. The van der Waals surface area contributed by atoms with E-state index in [0.29, 0.717) is 24.2 Å². The number of nitrogens with zero attached hydrogens (tertiary/aromatic N) is 2. The number of aromatic nitrogens is 1. The smallest absolute Gasteiger partial charge is 0.253 e. The minimum Gasteiger partial charge on any atom is -0.504 e. The van der Waals surface area contributed by atoms with Crippen molar-refractivity contribution in [3.8, 4) is 11.5 Å². The highest BCUT2D eigenvalue weighted by molar-refractivity contribution is 5.96. The van der Waals surface area contributed by atoms with Gasteiger partial charge in [-0.15, -0.1) is 0 Å². The number of phenolic OH excluding ortho intramolecular Hbond substituents is 1. The van der Waals surface area contributed by atoms with E-state index in [9.17, 15) is 14.7 Å². The topological polar surface area (TPSA) is 91.8 Å². The molecule has 5 aliphatic rings. The van der Waals surface area contributed by atoms with E-state index in [4.69, 9.17) is 4.74 Å². The van der Waals surface area contributed by atoms with Crippen molar-refractivity contribution < 1.29 is 19.4 Å². The molecule has 7 heteroatoms. The summed E-state index contributed by atoms with van der Waals surface area (Å²) in [7, 11) is 0. The fourth-order valence-corrected chi connectivity index (χ4v) is 7.33. The van der Waals surface area contributed by atoms with Gasteiger partial charge in [0.15, 0.2) is 23.4 Å². The van der Waals surface area contributed by atoms with Gasteiger partial charge < -0.3 is 15.2 Å². The molecular formula is C26H27N3O4. The van der Waals surface area contributed by atoms with Crippen LogP contribution in [0.3, 0.4) is 0 Å². The van der Waals surface area contributed by atoms with Crippen LogP contribution >= 0.6 is 0 Å². The monoisotopic (exact) mass is 445 g/mol. The number of hydrogen-bond donors (Lipinski definition) is 2. The molecule has 7 nitrogen and oxygen atoms in total. The predicted molar refractivity (Wildman–Crippen MR) is 119 cm³/mol. The molecule has 1 spiro atoms. The minimum absolute atomic E-state index is 0.0686. The van der Waals surface area contributed by atoms with Crippen molar-refractivity contribution in [3.63, 3.8) is 0 Å². The summed E-state index contributed by atoms with van der Waals surface area (Å²) in [6.45, 7) is 1.90. The number of carbonyl (C=O) groups is 2. The summed E-state index contributed by atoms with van der Waals surface area (Å²) < 4.78 is 6.28. The maximum absolute atomic E-state index is 13.6. The number of ketones is 1. The summed E-state index contributed by atoms with van der Waals surface area (Å²) in [6.07, 6.45) is 7.55. The van der Waals surface area contributed by atoms with Gasteiger partial charge in [0.2, 0.25) is 0 Å². The van der Waals surface area contributed by atoms with E-state index in [0.717, 1.165) is 43.0 Å². The van der Waals surface area contributed by atoms with Gasteiger partial charge in [-0.05, 0) is 68.3 Å². The molecule has 170 valence electrons. The van der Waals surface area contributed by atoms with Crippen molar-refractivity contribution in [2.75, 3.05) is 13.1 Å². The largest absolute Gasteiger partial charge is 0.504 e. The highest BCUT2D eigenvalue weighted by Crippen LogP contribution is 2.65. The third-order valence-corrected chi connectivity index (χ3v) is 8.87. The number of hydrogen-bond acceptors (Lipinski definition) is 6. The van der Waals surface area contributed by atoms with Crippen LogP contribution in [-0.4, -0.2) is 57.5 Å². The van der Waals surface area contributed by atoms with Gasteiger partial charge in [-0.3, -0.25) is 19.5 Å². The SMILES string of the molecule is O=C(N[C@@]12CCC(=O)[C@@H]3Oc4c(O)ccc5c4C31CCN(CC1CC1)[C@@H]2C5)c1cccnc1. The first-order valence-electron chi connectivity index (χ1n) is 12.0. The number of likely N-dealkylation sites (tertiary alicyclic amines) is 1. The van der Waals surface area contributed by atoms with Gasteiger partial charge in [-0.25, -0.2) is 0 Å². The molecule has 1 saturated heterocycles. The number of nitrogens with one attached hydrogen (secondary N) is 1. The van der Waals surface area contributed by atoms with E-state index in [1.807, 2.05) is 6.07 Å². The summed E-state index contributed by atoms with van der Waals surface area (Å²) in [5.41, 5.74) is 1.31. The molecule has 2 saturated carbocycles.